The Morgan fingerprint density at radius 3 is 2.58 bits per heavy atom. The van der Waals surface area contributed by atoms with E-state index >= 15 is 0 Å². The van der Waals surface area contributed by atoms with Gasteiger partial charge in [0.25, 0.3) is 5.91 Å². The summed E-state index contributed by atoms with van der Waals surface area (Å²) in [7, 11) is 0. The van der Waals surface area contributed by atoms with Crippen LogP contribution in [0.5, 0.6) is 5.75 Å². The molecule has 31 heavy (non-hydrogen) atoms. The minimum atomic E-state index is -0.707. The van der Waals surface area contributed by atoms with Crippen LogP contribution >= 0.6 is 0 Å². The first kappa shape index (κ1) is 20.4. The van der Waals surface area contributed by atoms with Gasteiger partial charge in [-0.1, -0.05) is 37.3 Å². The second-order valence-electron chi connectivity index (χ2n) is 7.07. The van der Waals surface area contributed by atoms with Crippen LogP contribution in [-0.4, -0.2) is 30.3 Å². The Hall–Kier alpha value is -3.87. The van der Waals surface area contributed by atoms with E-state index in [0.29, 0.717) is 23.4 Å². The first-order valence-corrected chi connectivity index (χ1v) is 9.96. The van der Waals surface area contributed by atoms with E-state index in [1.165, 1.54) is 17.2 Å². The minimum Gasteiger partial charge on any atom is -0.478 e. The number of carbonyl (C=O) groups excluding carboxylic acids is 3. The maximum atomic E-state index is 12.9. The monoisotopic (exact) mass is 419 g/mol. The van der Waals surface area contributed by atoms with Gasteiger partial charge in [-0.05, 0) is 42.3 Å². The molecule has 0 N–H and O–H groups in total. The summed E-state index contributed by atoms with van der Waals surface area (Å²) in [6.45, 7) is 1.66. The second kappa shape index (κ2) is 8.87. The molecule has 0 spiro atoms. The van der Waals surface area contributed by atoms with Crippen molar-refractivity contribution >= 4 is 23.3 Å². The third-order valence-corrected chi connectivity index (χ3v) is 4.97. The first-order valence-electron chi connectivity index (χ1n) is 9.96. The predicted molar refractivity (Wildman–Crippen MR) is 112 cm³/mol. The van der Waals surface area contributed by atoms with Crippen LogP contribution in [0.25, 0.3) is 0 Å². The van der Waals surface area contributed by atoms with Gasteiger partial charge in [0.2, 0.25) is 5.78 Å². The summed E-state index contributed by atoms with van der Waals surface area (Å²) in [5.74, 6) is -0.622. The lowest BCUT2D eigenvalue weighted by atomic mass is 10.0. The number of furan rings is 1. The maximum absolute atomic E-state index is 12.9. The molecule has 2 heterocycles. The van der Waals surface area contributed by atoms with Crippen LogP contribution in [-0.2, 0) is 20.9 Å². The number of amides is 1. The fraction of sp³-hybridized carbons (Fsp3) is 0.208. The van der Waals surface area contributed by atoms with Crippen molar-refractivity contribution in [3.8, 4) is 5.75 Å². The van der Waals surface area contributed by atoms with Crippen molar-refractivity contribution in [1.82, 2.24) is 0 Å². The summed E-state index contributed by atoms with van der Waals surface area (Å²) in [6, 6.07) is 17.2. The van der Waals surface area contributed by atoms with Gasteiger partial charge in [-0.25, -0.2) is 0 Å². The number of benzene rings is 2. The molecule has 0 radical (unpaired) electrons. The smallest absolute Gasteiger partial charge is 0.326 e. The molecule has 0 fully saturated rings. The number of fused-ring (bicyclic) bond motifs is 1. The van der Waals surface area contributed by atoms with Gasteiger partial charge in [-0.2, -0.15) is 0 Å². The fourth-order valence-corrected chi connectivity index (χ4v) is 3.35. The Morgan fingerprint density at radius 2 is 1.87 bits per heavy atom. The molecule has 0 aliphatic carbocycles. The molecule has 0 bridgehead atoms. The number of rotatable bonds is 7. The maximum Gasteiger partial charge on any atom is 0.326 e. The van der Waals surface area contributed by atoms with Crippen LogP contribution in [0.1, 0.15) is 35.0 Å². The molecule has 0 saturated heterocycles. The Morgan fingerprint density at radius 1 is 1.06 bits per heavy atom. The van der Waals surface area contributed by atoms with Crippen molar-refractivity contribution in [3.63, 3.8) is 0 Å². The normalized spacial score (nSPS) is 15.2. The van der Waals surface area contributed by atoms with Crippen LogP contribution in [0.15, 0.2) is 71.3 Å². The van der Waals surface area contributed by atoms with Gasteiger partial charge in [0.1, 0.15) is 18.9 Å². The lowest BCUT2D eigenvalue weighted by molar-refractivity contribution is -0.144. The summed E-state index contributed by atoms with van der Waals surface area (Å²) in [5.41, 5.74) is 1.52. The number of hydrogen-bond acceptors (Lipinski definition) is 6. The van der Waals surface area contributed by atoms with Gasteiger partial charge < -0.3 is 13.9 Å². The van der Waals surface area contributed by atoms with Crippen LogP contribution < -0.4 is 9.64 Å². The number of ketones is 1. The van der Waals surface area contributed by atoms with Gasteiger partial charge in [0.05, 0.1) is 12.0 Å². The van der Waals surface area contributed by atoms with Gasteiger partial charge in [-0.15, -0.1) is 0 Å². The molecule has 4 rings (SSSR count). The van der Waals surface area contributed by atoms with Gasteiger partial charge >= 0.3 is 5.97 Å². The molecule has 1 amide bonds. The minimum absolute atomic E-state index is 0.110. The zero-order valence-corrected chi connectivity index (χ0v) is 16.9. The van der Waals surface area contributed by atoms with E-state index in [2.05, 4.69) is 0 Å². The van der Waals surface area contributed by atoms with Crippen molar-refractivity contribution in [2.45, 2.75) is 26.1 Å². The molecule has 3 aromatic rings. The highest BCUT2D eigenvalue weighted by Crippen LogP contribution is 2.36. The van der Waals surface area contributed by atoms with E-state index in [0.717, 1.165) is 5.56 Å². The number of anilines is 1. The molecular weight excluding hydrogens is 398 g/mol. The molecule has 7 nitrogen and oxygen atoms in total. The third kappa shape index (κ3) is 4.35. The molecule has 0 saturated carbocycles. The summed E-state index contributed by atoms with van der Waals surface area (Å²) >= 11 is 0. The van der Waals surface area contributed by atoms with E-state index < -0.39 is 12.1 Å². The number of carbonyl (C=O) groups is 3. The lowest BCUT2D eigenvalue weighted by Gasteiger charge is -2.33. The molecule has 0 unspecified atom stereocenters. The quantitative estimate of drug-likeness (QED) is 0.428. The fourth-order valence-electron chi connectivity index (χ4n) is 3.35. The largest absolute Gasteiger partial charge is 0.478 e. The van der Waals surface area contributed by atoms with E-state index in [-0.39, 0.29) is 30.6 Å². The molecule has 2 aromatic carbocycles. The van der Waals surface area contributed by atoms with Crippen LogP contribution in [0, 0.1) is 0 Å². The highest BCUT2D eigenvalue weighted by atomic mass is 16.5. The Bertz CT molecular complexity index is 1090. The summed E-state index contributed by atoms with van der Waals surface area (Å²) in [4.78, 5) is 39.4. The lowest BCUT2D eigenvalue weighted by Crippen LogP contribution is -2.48. The van der Waals surface area contributed by atoms with E-state index in [9.17, 15) is 14.4 Å². The standard InChI is InChI=1S/C24H21NO6/c1-2-19-24(28)25(14-22(26)30-15-16-7-4-3-5-8-16)18-13-17(10-11-20(18)31-19)23(27)21-9-6-12-29-21/h3-13,19H,2,14-15H2,1H3/t19-/m0/s1. The van der Waals surface area contributed by atoms with E-state index in [1.807, 2.05) is 37.3 Å². The summed E-state index contributed by atoms with van der Waals surface area (Å²) in [5, 5.41) is 0. The average molecular weight is 419 g/mol. The topological polar surface area (TPSA) is 86.1 Å². The molecule has 1 aliphatic rings. The number of nitrogens with zero attached hydrogens (tertiary/aromatic N) is 1. The molecular formula is C24H21NO6. The van der Waals surface area contributed by atoms with E-state index in [1.54, 1.807) is 24.3 Å². The van der Waals surface area contributed by atoms with Crippen LogP contribution in [0.2, 0.25) is 0 Å². The third-order valence-electron chi connectivity index (χ3n) is 4.97. The van der Waals surface area contributed by atoms with Gasteiger partial charge in [0.15, 0.2) is 11.9 Å². The Balaban J connectivity index is 1.57. The van der Waals surface area contributed by atoms with Crippen molar-refractivity contribution < 1.29 is 28.3 Å². The Kier molecular flexibility index (Phi) is 5.84. The highest BCUT2D eigenvalue weighted by molar-refractivity contribution is 6.09. The van der Waals surface area contributed by atoms with Crippen molar-refractivity contribution in [3.05, 3.63) is 83.8 Å². The number of ether oxygens (including phenoxy) is 2. The average Bonchev–Trinajstić information content (AvgIpc) is 3.34. The molecule has 1 aromatic heterocycles. The second-order valence-corrected chi connectivity index (χ2v) is 7.07. The molecule has 1 atom stereocenters. The van der Waals surface area contributed by atoms with Crippen molar-refractivity contribution in [2.24, 2.45) is 0 Å². The van der Waals surface area contributed by atoms with Gasteiger partial charge in [0, 0.05) is 5.56 Å². The van der Waals surface area contributed by atoms with Gasteiger partial charge in [-0.3, -0.25) is 19.3 Å². The van der Waals surface area contributed by atoms with Crippen LogP contribution in [0.4, 0.5) is 5.69 Å². The number of esters is 1. The predicted octanol–water partition coefficient (Wildman–Crippen LogP) is 3.76. The van der Waals surface area contributed by atoms with Crippen LogP contribution in [0.3, 0.4) is 0 Å². The SMILES string of the molecule is CC[C@@H]1Oc2ccc(C(=O)c3ccco3)cc2N(CC(=O)OCc2ccccc2)C1=O. The zero-order chi connectivity index (χ0) is 21.8. The zero-order valence-electron chi connectivity index (χ0n) is 16.9. The summed E-state index contributed by atoms with van der Waals surface area (Å²) < 4.78 is 16.3. The Labute approximate surface area is 179 Å². The highest BCUT2D eigenvalue weighted by Gasteiger charge is 2.35. The first-order chi connectivity index (χ1) is 15.1. The molecule has 7 heteroatoms. The van der Waals surface area contributed by atoms with E-state index in [4.69, 9.17) is 13.9 Å². The van der Waals surface area contributed by atoms with Crippen molar-refractivity contribution in [1.29, 1.82) is 0 Å². The number of hydrogen-bond donors (Lipinski definition) is 0. The van der Waals surface area contributed by atoms with Crippen molar-refractivity contribution in [2.75, 3.05) is 11.4 Å². The summed E-state index contributed by atoms with van der Waals surface area (Å²) in [6.07, 6.45) is 1.15. The molecule has 158 valence electrons. The molecule has 1 aliphatic heterocycles.